The molecule has 1 aromatic carbocycles. The summed E-state index contributed by atoms with van der Waals surface area (Å²) in [5.74, 6) is 1.04. The second kappa shape index (κ2) is 5.27. The first-order valence-corrected chi connectivity index (χ1v) is 6.96. The third-order valence-corrected chi connectivity index (χ3v) is 3.68. The summed E-state index contributed by atoms with van der Waals surface area (Å²) in [7, 11) is 0. The molecular formula is C15H20FNO. The molecule has 1 aromatic rings. The van der Waals surface area contributed by atoms with Crippen molar-refractivity contribution in [3.05, 3.63) is 29.6 Å². The van der Waals surface area contributed by atoms with Crippen LogP contribution in [-0.4, -0.2) is 12.6 Å². The summed E-state index contributed by atoms with van der Waals surface area (Å²) in [4.78, 5) is 0. The van der Waals surface area contributed by atoms with E-state index in [1.54, 1.807) is 6.07 Å². The number of para-hydroxylation sites is 1. The molecule has 98 valence electrons. The van der Waals surface area contributed by atoms with Crippen molar-refractivity contribution in [2.45, 2.75) is 44.7 Å². The van der Waals surface area contributed by atoms with E-state index in [1.807, 2.05) is 6.07 Å². The first-order valence-electron chi connectivity index (χ1n) is 6.96. The molecule has 0 spiro atoms. The molecule has 0 aliphatic heterocycles. The summed E-state index contributed by atoms with van der Waals surface area (Å²) in [6.45, 7) is 1.35. The van der Waals surface area contributed by atoms with Crippen molar-refractivity contribution in [1.82, 2.24) is 5.32 Å². The van der Waals surface area contributed by atoms with E-state index in [4.69, 9.17) is 4.74 Å². The zero-order valence-corrected chi connectivity index (χ0v) is 10.6. The number of ether oxygens (including phenoxy) is 1. The molecule has 2 fully saturated rings. The highest BCUT2D eigenvalue weighted by Gasteiger charge is 2.22. The van der Waals surface area contributed by atoms with Crippen LogP contribution in [0, 0.1) is 11.7 Å². The van der Waals surface area contributed by atoms with Gasteiger partial charge in [0.2, 0.25) is 0 Å². The SMILES string of the molecule is Fc1cccc(CNC2CC2)c1OCCC1CC1. The molecule has 0 saturated heterocycles. The quantitative estimate of drug-likeness (QED) is 0.801. The van der Waals surface area contributed by atoms with Gasteiger partial charge in [-0.05, 0) is 31.2 Å². The number of benzene rings is 1. The van der Waals surface area contributed by atoms with E-state index in [0.29, 0.717) is 24.9 Å². The molecule has 0 atom stereocenters. The van der Waals surface area contributed by atoms with Gasteiger partial charge in [-0.1, -0.05) is 25.0 Å². The van der Waals surface area contributed by atoms with Crippen molar-refractivity contribution < 1.29 is 9.13 Å². The molecule has 0 amide bonds. The van der Waals surface area contributed by atoms with Crippen LogP contribution in [0.25, 0.3) is 0 Å². The predicted molar refractivity (Wildman–Crippen MR) is 69.1 cm³/mol. The monoisotopic (exact) mass is 249 g/mol. The van der Waals surface area contributed by atoms with Crippen molar-refractivity contribution in [1.29, 1.82) is 0 Å². The number of halogens is 1. The van der Waals surface area contributed by atoms with Crippen LogP contribution in [0.3, 0.4) is 0 Å². The van der Waals surface area contributed by atoms with Crippen LogP contribution in [0.5, 0.6) is 5.75 Å². The maximum Gasteiger partial charge on any atom is 0.165 e. The first-order chi connectivity index (χ1) is 8.83. The van der Waals surface area contributed by atoms with Crippen molar-refractivity contribution in [2.24, 2.45) is 5.92 Å². The Morgan fingerprint density at radius 2 is 2.06 bits per heavy atom. The van der Waals surface area contributed by atoms with Gasteiger partial charge in [0.05, 0.1) is 6.61 Å². The largest absolute Gasteiger partial charge is 0.490 e. The zero-order valence-electron chi connectivity index (χ0n) is 10.6. The van der Waals surface area contributed by atoms with E-state index >= 15 is 0 Å². The summed E-state index contributed by atoms with van der Waals surface area (Å²) >= 11 is 0. The third kappa shape index (κ3) is 3.22. The molecule has 0 heterocycles. The predicted octanol–water partition coefficient (Wildman–Crippen LogP) is 3.26. The van der Waals surface area contributed by atoms with Crippen LogP contribution in [0.4, 0.5) is 4.39 Å². The Morgan fingerprint density at radius 3 is 2.78 bits per heavy atom. The summed E-state index contributed by atoms with van der Waals surface area (Å²) in [5, 5.41) is 3.41. The Bertz CT molecular complexity index is 413. The minimum Gasteiger partial charge on any atom is -0.490 e. The highest BCUT2D eigenvalue weighted by molar-refractivity contribution is 5.35. The average molecular weight is 249 g/mol. The van der Waals surface area contributed by atoms with Crippen molar-refractivity contribution in [3.8, 4) is 5.75 Å². The Labute approximate surface area is 108 Å². The minimum absolute atomic E-state index is 0.235. The third-order valence-electron chi connectivity index (χ3n) is 3.68. The fraction of sp³-hybridized carbons (Fsp3) is 0.600. The van der Waals surface area contributed by atoms with Crippen LogP contribution >= 0.6 is 0 Å². The van der Waals surface area contributed by atoms with Gasteiger partial charge in [-0.3, -0.25) is 0 Å². The lowest BCUT2D eigenvalue weighted by molar-refractivity contribution is 0.284. The molecule has 2 aliphatic rings. The van der Waals surface area contributed by atoms with E-state index < -0.39 is 0 Å². The van der Waals surface area contributed by atoms with Crippen molar-refractivity contribution in [3.63, 3.8) is 0 Å². The standard InChI is InChI=1S/C15H20FNO/c16-14-3-1-2-12(10-17-13-6-7-13)15(14)18-9-8-11-4-5-11/h1-3,11,13,17H,4-10H2. The van der Waals surface area contributed by atoms with E-state index in [9.17, 15) is 4.39 Å². The van der Waals surface area contributed by atoms with E-state index in [-0.39, 0.29) is 5.82 Å². The second-order valence-electron chi connectivity index (χ2n) is 5.46. The molecule has 0 radical (unpaired) electrons. The minimum atomic E-state index is -0.235. The van der Waals surface area contributed by atoms with Gasteiger partial charge < -0.3 is 10.1 Å². The molecule has 2 aliphatic carbocycles. The molecular weight excluding hydrogens is 229 g/mol. The smallest absolute Gasteiger partial charge is 0.165 e. The fourth-order valence-corrected chi connectivity index (χ4v) is 2.13. The first kappa shape index (κ1) is 12.0. The Balaban J connectivity index is 1.59. The van der Waals surface area contributed by atoms with Gasteiger partial charge in [0, 0.05) is 18.2 Å². The highest BCUT2D eigenvalue weighted by atomic mass is 19.1. The van der Waals surface area contributed by atoms with Crippen LogP contribution in [0.1, 0.15) is 37.7 Å². The number of hydrogen-bond acceptors (Lipinski definition) is 2. The van der Waals surface area contributed by atoms with Gasteiger partial charge in [0.25, 0.3) is 0 Å². The van der Waals surface area contributed by atoms with Gasteiger partial charge in [-0.2, -0.15) is 0 Å². The number of rotatable bonds is 7. The highest BCUT2D eigenvalue weighted by Crippen LogP contribution is 2.33. The molecule has 0 unspecified atom stereocenters. The number of nitrogens with one attached hydrogen (secondary N) is 1. The molecule has 2 saturated carbocycles. The van der Waals surface area contributed by atoms with Crippen molar-refractivity contribution >= 4 is 0 Å². The van der Waals surface area contributed by atoms with Gasteiger partial charge in [0.15, 0.2) is 11.6 Å². The van der Waals surface area contributed by atoms with Crippen LogP contribution in [0.15, 0.2) is 18.2 Å². The maximum atomic E-state index is 13.8. The van der Waals surface area contributed by atoms with Gasteiger partial charge in [-0.15, -0.1) is 0 Å². The van der Waals surface area contributed by atoms with E-state index in [1.165, 1.54) is 31.7 Å². The van der Waals surface area contributed by atoms with Crippen LogP contribution < -0.4 is 10.1 Å². The Hall–Kier alpha value is -1.09. The maximum absolute atomic E-state index is 13.8. The second-order valence-corrected chi connectivity index (χ2v) is 5.46. The molecule has 0 aromatic heterocycles. The lowest BCUT2D eigenvalue weighted by Crippen LogP contribution is -2.16. The topological polar surface area (TPSA) is 21.3 Å². The summed E-state index contributed by atoms with van der Waals surface area (Å²) in [6, 6.07) is 5.82. The van der Waals surface area contributed by atoms with Gasteiger partial charge in [-0.25, -0.2) is 4.39 Å². The molecule has 2 nitrogen and oxygen atoms in total. The molecule has 1 N–H and O–H groups in total. The summed E-state index contributed by atoms with van der Waals surface area (Å²) < 4.78 is 19.4. The zero-order chi connectivity index (χ0) is 12.4. The molecule has 3 rings (SSSR count). The van der Waals surface area contributed by atoms with Crippen molar-refractivity contribution in [2.75, 3.05) is 6.61 Å². The van der Waals surface area contributed by atoms with Crippen LogP contribution in [0.2, 0.25) is 0 Å². The molecule has 18 heavy (non-hydrogen) atoms. The van der Waals surface area contributed by atoms with E-state index in [0.717, 1.165) is 17.9 Å². The lowest BCUT2D eigenvalue weighted by Gasteiger charge is -2.12. The Morgan fingerprint density at radius 1 is 1.22 bits per heavy atom. The van der Waals surface area contributed by atoms with Gasteiger partial charge in [0.1, 0.15) is 0 Å². The summed E-state index contributed by atoms with van der Waals surface area (Å²) in [6.07, 6.45) is 6.18. The van der Waals surface area contributed by atoms with Crippen LogP contribution in [-0.2, 0) is 6.54 Å². The Kier molecular flexibility index (Phi) is 3.50. The molecule has 3 heteroatoms. The number of hydrogen-bond donors (Lipinski definition) is 1. The average Bonchev–Trinajstić information content (AvgIpc) is 3.24. The lowest BCUT2D eigenvalue weighted by atomic mass is 10.2. The van der Waals surface area contributed by atoms with E-state index in [2.05, 4.69) is 5.32 Å². The van der Waals surface area contributed by atoms with Gasteiger partial charge >= 0.3 is 0 Å². The fourth-order valence-electron chi connectivity index (χ4n) is 2.13. The summed E-state index contributed by atoms with van der Waals surface area (Å²) in [5.41, 5.74) is 0.942. The normalized spacial score (nSPS) is 18.9. The molecule has 0 bridgehead atoms.